The lowest BCUT2D eigenvalue weighted by Gasteiger charge is -2.29. The van der Waals surface area contributed by atoms with Crippen LogP contribution in [-0.4, -0.2) is 28.6 Å². The number of nitrogens with two attached hydrogens (primary N) is 1. The van der Waals surface area contributed by atoms with E-state index in [9.17, 15) is 0 Å². The van der Waals surface area contributed by atoms with Crippen LogP contribution < -0.4 is 16.0 Å². The maximum Gasteiger partial charge on any atom is 0.223 e. The van der Waals surface area contributed by atoms with Crippen LogP contribution in [0.5, 0.6) is 0 Å². The largest absolute Gasteiger partial charge is 0.370 e. The fraction of sp³-hybridized carbons (Fsp3) is 0.692. The number of hydrogen-bond acceptors (Lipinski definition) is 5. The van der Waals surface area contributed by atoms with Gasteiger partial charge in [-0.3, -0.25) is 0 Å². The molecule has 5 heteroatoms. The van der Waals surface area contributed by atoms with Crippen LogP contribution in [0.3, 0.4) is 0 Å². The van der Waals surface area contributed by atoms with Gasteiger partial charge in [0.1, 0.15) is 11.6 Å². The molecule has 18 heavy (non-hydrogen) atoms. The van der Waals surface area contributed by atoms with Crippen LogP contribution in [-0.2, 0) is 0 Å². The average molecular weight is 249 g/mol. The number of nitrogens with zero attached hydrogens (tertiary/aromatic N) is 3. The zero-order valence-electron chi connectivity index (χ0n) is 11.5. The van der Waals surface area contributed by atoms with Crippen LogP contribution in [0.1, 0.15) is 40.0 Å². The Morgan fingerprint density at radius 2 is 2.17 bits per heavy atom. The van der Waals surface area contributed by atoms with Crippen LogP contribution in [0.4, 0.5) is 17.6 Å². The first-order valence-corrected chi connectivity index (χ1v) is 6.82. The lowest BCUT2D eigenvalue weighted by atomic mass is 10.1. The minimum atomic E-state index is 0.345. The Balaban J connectivity index is 2.31. The molecule has 0 aliphatic carbocycles. The number of hydrogen-bond donors (Lipinski definition) is 2. The zero-order chi connectivity index (χ0) is 13.1. The molecule has 2 unspecified atom stereocenters. The van der Waals surface area contributed by atoms with Gasteiger partial charge in [0.05, 0.1) is 0 Å². The van der Waals surface area contributed by atoms with Crippen LogP contribution >= 0.6 is 0 Å². The smallest absolute Gasteiger partial charge is 0.223 e. The molecule has 0 saturated carbocycles. The van der Waals surface area contributed by atoms with Gasteiger partial charge < -0.3 is 16.0 Å². The second kappa shape index (κ2) is 5.42. The second-order valence-corrected chi connectivity index (χ2v) is 4.90. The summed E-state index contributed by atoms with van der Waals surface area (Å²) in [5, 5.41) is 3.20. The molecule has 1 aliphatic heterocycles. The van der Waals surface area contributed by atoms with Gasteiger partial charge in [0.15, 0.2) is 0 Å². The quantitative estimate of drug-likeness (QED) is 0.856. The predicted molar refractivity (Wildman–Crippen MR) is 75.9 cm³/mol. The van der Waals surface area contributed by atoms with Crippen molar-refractivity contribution in [3.8, 4) is 0 Å². The molecule has 1 aromatic rings. The molecule has 0 aromatic carbocycles. The molecule has 1 fully saturated rings. The van der Waals surface area contributed by atoms with Crippen molar-refractivity contribution in [1.82, 2.24) is 9.97 Å². The molecule has 0 bridgehead atoms. The van der Waals surface area contributed by atoms with Crippen molar-refractivity contribution in [2.24, 2.45) is 0 Å². The van der Waals surface area contributed by atoms with Crippen molar-refractivity contribution >= 4 is 17.6 Å². The van der Waals surface area contributed by atoms with E-state index >= 15 is 0 Å². The van der Waals surface area contributed by atoms with Gasteiger partial charge in [-0.2, -0.15) is 9.97 Å². The van der Waals surface area contributed by atoms with E-state index < -0.39 is 0 Å². The minimum Gasteiger partial charge on any atom is -0.370 e. The second-order valence-electron chi connectivity index (χ2n) is 4.90. The standard InChI is InChI=1S/C13H23N5/c1-4-10-7-6-9(3)18(10)12-8-11(15-5-2)16-13(14)17-12/h8-10H,4-7H2,1-3H3,(H3,14,15,16,17). The lowest BCUT2D eigenvalue weighted by Crippen LogP contribution is -2.35. The van der Waals surface area contributed by atoms with Crippen molar-refractivity contribution in [3.05, 3.63) is 6.07 Å². The predicted octanol–water partition coefficient (Wildman–Crippen LogP) is 2.26. The fourth-order valence-corrected chi connectivity index (χ4v) is 2.74. The highest BCUT2D eigenvalue weighted by Crippen LogP contribution is 2.31. The molecule has 0 spiro atoms. The van der Waals surface area contributed by atoms with Gasteiger partial charge in [-0.1, -0.05) is 6.92 Å². The van der Waals surface area contributed by atoms with E-state index in [1.807, 2.05) is 13.0 Å². The van der Waals surface area contributed by atoms with E-state index in [2.05, 4.69) is 34.0 Å². The van der Waals surface area contributed by atoms with Crippen molar-refractivity contribution in [2.75, 3.05) is 22.5 Å². The van der Waals surface area contributed by atoms with Crippen molar-refractivity contribution in [1.29, 1.82) is 0 Å². The molecule has 1 aliphatic rings. The molecular weight excluding hydrogens is 226 g/mol. The Hall–Kier alpha value is -1.52. The third kappa shape index (κ3) is 2.49. The van der Waals surface area contributed by atoms with Gasteiger partial charge in [0.2, 0.25) is 5.95 Å². The van der Waals surface area contributed by atoms with Crippen LogP contribution in [0, 0.1) is 0 Å². The van der Waals surface area contributed by atoms with E-state index in [0.717, 1.165) is 24.6 Å². The van der Waals surface area contributed by atoms with Crippen molar-refractivity contribution in [2.45, 2.75) is 52.1 Å². The van der Waals surface area contributed by atoms with Gasteiger partial charge in [0.25, 0.3) is 0 Å². The van der Waals surface area contributed by atoms with Crippen molar-refractivity contribution < 1.29 is 0 Å². The molecule has 1 aromatic heterocycles. The van der Waals surface area contributed by atoms with Crippen molar-refractivity contribution in [3.63, 3.8) is 0 Å². The summed E-state index contributed by atoms with van der Waals surface area (Å²) in [6.45, 7) is 7.36. The summed E-state index contributed by atoms with van der Waals surface area (Å²) >= 11 is 0. The highest BCUT2D eigenvalue weighted by molar-refractivity contribution is 5.54. The highest BCUT2D eigenvalue weighted by atomic mass is 15.3. The molecule has 5 nitrogen and oxygen atoms in total. The number of anilines is 3. The van der Waals surface area contributed by atoms with E-state index in [-0.39, 0.29) is 0 Å². The Morgan fingerprint density at radius 3 is 2.83 bits per heavy atom. The zero-order valence-corrected chi connectivity index (χ0v) is 11.5. The first-order chi connectivity index (χ1) is 8.65. The fourth-order valence-electron chi connectivity index (χ4n) is 2.74. The Bertz CT molecular complexity index is 406. The van der Waals surface area contributed by atoms with Gasteiger partial charge >= 0.3 is 0 Å². The summed E-state index contributed by atoms with van der Waals surface area (Å²) in [6, 6.07) is 3.10. The van der Waals surface area contributed by atoms with E-state index in [0.29, 0.717) is 18.0 Å². The molecule has 2 atom stereocenters. The topological polar surface area (TPSA) is 67.1 Å². The minimum absolute atomic E-state index is 0.345. The molecule has 3 N–H and O–H groups in total. The van der Waals surface area contributed by atoms with Gasteiger partial charge in [0, 0.05) is 24.7 Å². The monoisotopic (exact) mass is 249 g/mol. The summed E-state index contributed by atoms with van der Waals surface area (Å²) in [7, 11) is 0. The molecule has 100 valence electrons. The number of aromatic nitrogens is 2. The summed E-state index contributed by atoms with van der Waals surface area (Å²) in [4.78, 5) is 11.0. The average Bonchev–Trinajstić information content (AvgIpc) is 2.70. The molecule has 2 heterocycles. The molecular formula is C13H23N5. The number of nitrogens with one attached hydrogen (secondary N) is 1. The normalized spacial score (nSPS) is 23.4. The Morgan fingerprint density at radius 1 is 1.39 bits per heavy atom. The molecule has 1 saturated heterocycles. The first-order valence-electron chi connectivity index (χ1n) is 6.82. The van der Waals surface area contributed by atoms with Gasteiger partial charge in [-0.15, -0.1) is 0 Å². The van der Waals surface area contributed by atoms with E-state index in [1.54, 1.807) is 0 Å². The van der Waals surface area contributed by atoms with E-state index in [1.165, 1.54) is 12.8 Å². The lowest BCUT2D eigenvalue weighted by molar-refractivity contribution is 0.621. The third-order valence-electron chi connectivity index (χ3n) is 3.61. The molecule has 0 radical (unpaired) electrons. The van der Waals surface area contributed by atoms with Crippen LogP contribution in [0.15, 0.2) is 6.07 Å². The van der Waals surface area contributed by atoms with Gasteiger partial charge in [-0.25, -0.2) is 0 Å². The summed E-state index contributed by atoms with van der Waals surface area (Å²) in [6.07, 6.45) is 3.60. The van der Waals surface area contributed by atoms with E-state index in [4.69, 9.17) is 5.73 Å². The molecule has 2 rings (SSSR count). The number of rotatable bonds is 4. The molecule has 0 amide bonds. The Labute approximate surface area is 109 Å². The summed E-state index contributed by atoms with van der Waals surface area (Å²) in [5.74, 6) is 2.11. The maximum atomic E-state index is 5.80. The van der Waals surface area contributed by atoms with Crippen LogP contribution in [0.25, 0.3) is 0 Å². The number of nitrogen functional groups attached to an aromatic ring is 1. The maximum absolute atomic E-state index is 5.80. The summed E-state index contributed by atoms with van der Waals surface area (Å²) in [5.41, 5.74) is 5.80. The Kier molecular flexibility index (Phi) is 3.89. The first kappa shape index (κ1) is 12.9. The van der Waals surface area contributed by atoms with Gasteiger partial charge in [-0.05, 0) is 33.1 Å². The third-order valence-corrected chi connectivity index (χ3v) is 3.61. The highest BCUT2D eigenvalue weighted by Gasteiger charge is 2.30. The SMILES string of the molecule is CCNc1cc(N2C(C)CCC2CC)nc(N)n1. The summed E-state index contributed by atoms with van der Waals surface area (Å²) < 4.78 is 0. The van der Waals surface area contributed by atoms with Crippen LogP contribution in [0.2, 0.25) is 0 Å².